The fourth-order valence-electron chi connectivity index (χ4n) is 1.99. The Labute approximate surface area is 107 Å². The number of ether oxygens (including phenoxy) is 2. The summed E-state index contributed by atoms with van der Waals surface area (Å²) < 4.78 is 10.2. The Morgan fingerprint density at radius 3 is 2.67 bits per heavy atom. The number of hydrogen-bond acceptors (Lipinski definition) is 4. The molecule has 6 nitrogen and oxygen atoms in total. The van der Waals surface area contributed by atoms with Gasteiger partial charge >= 0.3 is 12.1 Å². The van der Waals surface area contributed by atoms with Crippen LogP contribution < -0.4 is 0 Å². The zero-order valence-corrected chi connectivity index (χ0v) is 11.3. The highest BCUT2D eigenvalue weighted by Crippen LogP contribution is 2.32. The van der Waals surface area contributed by atoms with Crippen LogP contribution in [0.25, 0.3) is 0 Å². The zero-order chi connectivity index (χ0) is 13.9. The van der Waals surface area contributed by atoms with Crippen LogP contribution >= 0.6 is 0 Å². The van der Waals surface area contributed by atoms with Crippen molar-refractivity contribution in [3.63, 3.8) is 0 Å². The minimum Gasteiger partial charge on any atom is -0.479 e. The molecule has 0 aliphatic carbocycles. The zero-order valence-electron chi connectivity index (χ0n) is 11.3. The largest absolute Gasteiger partial charge is 0.479 e. The quantitative estimate of drug-likeness (QED) is 0.831. The number of aliphatic carboxylic acids is 1. The predicted molar refractivity (Wildman–Crippen MR) is 64.1 cm³/mol. The topological polar surface area (TPSA) is 76.1 Å². The summed E-state index contributed by atoms with van der Waals surface area (Å²) in [7, 11) is 1.24. The maximum Gasteiger partial charge on any atom is 0.412 e. The van der Waals surface area contributed by atoms with Gasteiger partial charge in [0.05, 0.1) is 13.7 Å². The molecule has 1 heterocycles. The molecular weight excluding hydrogens is 238 g/mol. The van der Waals surface area contributed by atoms with Gasteiger partial charge in [-0.3, -0.25) is 4.90 Å². The molecule has 1 rings (SSSR count). The average Bonchev–Trinajstić information content (AvgIpc) is 2.67. The van der Waals surface area contributed by atoms with Gasteiger partial charge in [-0.2, -0.15) is 0 Å². The summed E-state index contributed by atoms with van der Waals surface area (Å²) in [6, 6.07) is 0. The first-order valence-corrected chi connectivity index (χ1v) is 6.09. The van der Waals surface area contributed by atoms with Crippen LogP contribution in [0.2, 0.25) is 0 Å². The van der Waals surface area contributed by atoms with Crippen molar-refractivity contribution in [2.75, 3.05) is 13.7 Å². The molecule has 0 aromatic rings. The van der Waals surface area contributed by atoms with E-state index in [9.17, 15) is 14.7 Å². The standard InChI is InChI=1S/C12H21NO5/c1-5-8(2)6-9-13(11(16)17-4)12(3,7-18-9)10(14)15/h8-9H,5-7H2,1-4H3,(H,14,15)/t8?,9-,12+/m1/s1. The molecule has 6 heteroatoms. The SMILES string of the molecule is CCC(C)C[C@H]1OC[C@@](C)(C(=O)O)N1C(=O)OC. The lowest BCUT2D eigenvalue weighted by atomic mass is 10.0. The molecule has 1 fully saturated rings. The molecule has 1 N–H and O–H groups in total. The van der Waals surface area contributed by atoms with Crippen molar-refractivity contribution in [3.8, 4) is 0 Å². The molecule has 0 spiro atoms. The first-order valence-electron chi connectivity index (χ1n) is 6.09. The van der Waals surface area contributed by atoms with Crippen molar-refractivity contribution in [2.24, 2.45) is 5.92 Å². The van der Waals surface area contributed by atoms with Gasteiger partial charge in [-0.05, 0) is 19.3 Å². The number of methoxy groups -OCH3 is 1. The Kier molecular flexibility index (Phi) is 4.56. The summed E-state index contributed by atoms with van der Waals surface area (Å²) in [4.78, 5) is 24.3. The van der Waals surface area contributed by atoms with E-state index in [1.165, 1.54) is 18.9 Å². The Bertz CT molecular complexity index is 332. The predicted octanol–water partition coefficient (Wildman–Crippen LogP) is 1.69. The second kappa shape index (κ2) is 5.56. The van der Waals surface area contributed by atoms with E-state index in [0.29, 0.717) is 12.3 Å². The highest BCUT2D eigenvalue weighted by atomic mass is 16.6. The summed E-state index contributed by atoms with van der Waals surface area (Å²) in [5, 5.41) is 9.27. The van der Waals surface area contributed by atoms with Crippen molar-refractivity contribution in [1.82, 2.24) is 4.90 Å². The minimum absolute atomic E-state index is 0.0153. The smallest absolute Gasteiger partial charge is 0.412 e. The number of carbonyl (C=O) groups is 2. The number of amides is 1. The monoisotopic (exact) mass is 259 g/mol. The van der Waals surface area contributed by atoms with Crippen LogP contribution in [0.1, 0.15) is 33.6 Å². The van der Waals surface area contributed by atoms with E-state index in [4.69, 9.17) is 4.74 Å². The molecule has 0 saturated carbocycles. The lowest BCUT2D eigenvalue weighted by Crippen LogP contribution is -2.55. The Balaban J connectivity index is 2.94. The summed E-state index contributed by atoms with van der Waals surface area (Å²) in [5.41, 5.74) is -1.36. The normalized spacial score (nSPS) is 29.1. The molecule has 1 aliphatic heterocycles. The van der Waals surface area contributed by atoms with Gasteiger partial charge in [0.25, 0.3) is 0 Å². The molecule has 0 aromatic heterocycles. The average molecular weight is 259 g/mol. The minimum atomic E-state index is -1.36. The molecule has 3 atom stereocenters. The fraction of sp³-hybridized carbons (Fsp3) is 0.833. The van der Waals surface area contributed by atoms with E-state index >= 15 is 0 Å². The number of carboxylic acids is 1. The van der Waals surface area contributed by atoms with Gasteiger partial charge < -0.3 is 14.6 Å². The van der Waals surface area contributed by atoms with Crippen molar-refractivity contribution >= 4 is 12.1 Å². The molecule has 1 amide bonds. The first-order chi connectivity index (χ1) is 8.36. The van der Waals surface area contributed by atoms with Crippen LogP contribution in [0, 0.1) is 5.92 Å². The van der Waals surface area contributed by atoms with Gasteiger partial charge in [-0.15, -0.1) is 0 Å². The van der Waals surface area contributed by atoms with Crippen LogP contribution in [0.4, 0.5) is 4.79 Å². The first kappa shape index (κ1) is 14.8. The van der Waals surface area contributed by atoms with E-state index in [1.807, 2.05) is 13.8 Å². The molecule has 104 valence electrons. The van der Waals surface area contributed by atoms with Crippen molar-refractivity contribution in [1.29, 1.82) is 0 Å². The van der Waals surface area contributed by atoms with Crippen LogP contribution in [-0.4, -0.2) is 47.6 Å². The van der Waals surface area contributed by atoms with Gasteiger partial charge in [0.15, 0.2) is 5.54 Å². The number of rotatable bonds is 4. The van der Waals surface area contributed by atoms with Crippen molar-refractivity contribution < 1.29 is 24.2 Å². The molecule has 18 heavy (non-hydrogen) atoms. The van der Waals surface area contributed by atoms with E-state index in [1.54, 1.807) is 0 Å². The van der Waals surface area contributed by atoms with Gasteiger partial charge in [-0.1, -0.05) is 20.3 Å². The third-order valence-corrected chi connectivity index (χ3v) is 3.51. The number of carbonyl (C=O) groups excluding carboxylic acids is 1. The Hall–Kier alpha value is -1.30. The Morgan fingerprint density at radius 2 is 2.22 bits per heavy atom. The van der Waals surface area contributed by atoms with Crippen LogP contribution in [0.15, 0.2) is 0 Å². The summed E-state index contributed by atoms with van der Waals surface area (Å²) >= 11 is 0. The second-order valence-corrected chi connectivity index (χ2v) is 4.93. The maximum atomic E-state index is 11.8. The molecule has 1 saturated heterocycles. The molecule has 0 bridgehead atoms. The van der Waals surface area contributed by atoms with Gasteiger partial charge in [0.1, 0.15) is 6.23 Å². The van der Waals surface area contributed by atoms with E-state index in [-0.39, 0.29) is 6.61 Å². The summed E-state index contributed by atoms with van der Waals surface area (Å²) in [6.07, 6.45) is 0.354. The highest BCUT2D eigenvalue weighted by molar-refractivity contribution is 5.84. The molecule has 1 aliphatic rings. The second-order valence-electron chi connectivity index (χ2n) is 4.93. The molecule has 1 unspecified atom stereocenters. The summed E-state index contributed by atoms with van der Waals surface area (Å²) in [6.45, 7) is 5.54. The fourth-order valence-corrected chi connectivity index (χ4v) is 1.99. The van der Waals surface area contributed by atoms with Gasteiger partial charge in [0, 0.05) is 0 Å². The van der Waals surface area contributed by atoms with E-state index in [2.05, 4.69) is 4.74 Å². The Morgan fingerprint density at radius 1 is 1.61 bits per heavy atom. The lowest BCUT2D eigenvalue weighted by Gasteiger charge is -2.32. The molecular formula is C12H21NO5. The molecule has 0 radical (unpaired) electrons. The van der Waals surface area contributed by atoms with Crippen LogP contribution in [-0.2, 0) is 14.3 Å². The number of nitrogens with zero attached hydrogens (tertiary/aromatic N) is 1. The number of carboxylic acid groups (broad SMARTS) is 1. The third-order valence-electron chi connectivity index (χ3n) is 3.51. The van der Waals surface area contributed by atoms with Crippen molar-refractivity contribution in [2.45, 2.75) is 45.4 Å². The van der Waals surface area contributed by atoms with E-state index < -0.39 is 23.8 Å². The van der Waals surface area contributed by atoms with Crippen molar-refractivity contribution in [3.05, 3.63) is 0 Å². The van der Waals surface area contributed by atoms with Crippen LogP contribution in [0.3, 0.4) is 0 Å². The van der Waals surface area contributed by atoms with Crippen LogP contribution in [0.5, 0.6) is 0 Å². The number of hydrogen-bond donors (Lipinski definition) is 1. The lowest BCUT2D eigenvalue weighted by molar-refractivity contribution is -0.147. The summed E-state index contributed by atoms with van der Waals surface area (Å²) in [5.74, 6) is -0.738. The van der Waals surface area contributed by atoms with Gasteiger partial charge in [0.2, 0.25) is 0 Å². The third kappa shape index (κ3) is 2.58. The highest BCUT2D eigenvalue weighted by Gasteiger charge is 2.53. The van der Waals surface area contributed by atoms with E-state index in [0.717, 1.165) is 6.42 Å². The molecule has 0 aromatic carbocycles. The van der Waals surface area contributed by atoms with Gasteiger partial charge in [-0.25, -0.2) is 9.59 Å². The maximum absolute atomic E-state index is 11.8.